The van der Waals surface area contributed by atoms with Gasteiger partial charge in [0.2, 0.25) is 5.91 Å². The monoisotopic (exact) mass is 431 g/mol. The summed E-state index contributed by atoms with van der Waals surface area (Å²) in [4.78, 5) is 13.3. The largest absolute Gasteiger partial charge is 0.272 e. The number of benzene rings is 2. The van der Waals surface area contributed by atoms with Gasteiger partial charge < -0.3 is 0 Å². The Bertz CT molecular complexity index is 1310. The quantitative estimate of drug-likeness (QED) is 0.618. The first-order valence-electron chi connectivity index (χ1n) is 10.6. The molecule has 3 aromatic rings. The zero-order valence-corrected chi connectivity index (χ0v) is 17.1. The molecule has 7 rings (SSSR count). The Balaban J connectivity index is 1.19. The molecule has 8 heteroatoms. The molecule has 3 fully saturated rings. The molecule has 3 aliphatic carbocycles. The number of amides is 1. The summed E-state index contributed by atoms with van der Waals surface area (Å²) in [5.74, 6) is -1.38. The lowest BCUT2D eigenvalue weighted by Gasteiger charge is -2.69. The summed E-state index contributed by atoms with van der Waals surface area (Å²) >= 11 is 0. The van der Waals surface area contributed by atoms with E-state index >= 15 is 0 Å². The molecule has 1 unspecified atom stereocenters. The van der Waals surface area contributed by atoms with Crippen LogP contribution in [0.25, 0.3) is 10.9 Å². The molecule has 2 bridgehead atoms. The standard InChI is InChI=1S/C24H19F2N5O/c25-17-6-16(7-18(26)8-17)20-4-5-28-31(20)22(32)24-11-23(12-24,13-24)14-30-21-3-1-2-15(9-27)19(21)10-29-30/h1-3,5-8,10,20H,4,11-14H2. The van der Waals surface area contributed by atoms with Crippen LogP contribution < -0.4 is 0 Å². The highest BCUT2D eigenvalue weighted by molar-refractivity contribution is 5.88. The molecule has 2 heterocycles. The molecule has 1 amide bonds. The summed E-state index contributed by atoms with van der Waals surface area (Å²) in [6.07, 6.45) is 6.03. The predicted molar refractivity (Wildman–Crippen MR) is 112 cm³/mol. The topological polar surface area (TPSA) is 74.3 Å². The fourth-order valence-corrected chi connectivity index (χ4v) is 5.93. The van der Waals surface area contributed by atoms with Gasteiger partial charge in [0, 0.05) is 30.6 Å². The van der Waals surface area contributed by atoms with Crippen molar-refractivity contribution in [2.75, 3.05) is 0 Å². The summed E-state index contributed by atoms with van der Waals surface area (Å²) in [7, 11) is 0. The average Bonchev–Trinajstić information content (AvgIpc) is 3.35. The van der Waals surface area contributed by atoms with Crippen LogP contribution in [0.5, 0.6) is 0 Å². The molecule has 3 saturated carbocycles. The normalized spacial score (nSPS) is 27.8. The van der Waals surface area contributed by atoms with Crippen molar-refractivity contribution >= 4 is 23.0 Å². The average molecular weight is 431 g/mol. The minimum atomic E-state index is -0.658. The van der Waals surface area contributed by atoms with Gasteiger partial charge in [-0.05, 0) is 54.5 Å². The Morgan fingerprint density at radius 2 is 1.94 bits per heavy atom. The van der Waals surface area contributed by atoms with Crippen LogP contribution in [-0.4, -0.2) is 26.9 Å². The van der Waals surface area contributed by atoms with Crippen molar-refractivity contribution in [2.24, 2.45) is 15.9 Å². The van der Waals surface area contributed by atoms with Crippen LogP contribution in [0, 0.1) is 33.8 Å². The third-order valence-electron chi connectivity index (χ3n) is 7.19. The van der Waals surface area contributed by atoms with Gasteiger partial charge in [-0.3, -0.25) is 9.48 Å². The van der Waals surface area contributed by atoms with Crippen molar-refractivity contribution in [3.63, 3.8) is 0 Å². The van der Waals surface area contributed by atoms with E-state index in [4.69, 9.17) is 0 Å². The van der Waals surface area contributed by atoms with Crippen molar-refractivity contribution in [3.05, 3.63) is 65.4 Å². The lowest BCUT2D eigenvalue weighted by Crippen LogP contribution is -2.68. The van der Waals surface area contributed by atoms with Gasteiger partial charge in [0.05, 0.1) is 34.8 Å². The molecule has 0 spiro atoms. The van der Waals surface area contributed by atoms with Gasteiger partial charge in [-0.2, -0.15) is 15.5 Å². The molecule has 1 atom stereocenters. The lowest BCUT2D eigenvalue weighted by atomic mass is 9.34. The summed E-state index contributed by atoms with van der Waals surface area (Å²) < 4.78 is 29.3. The molecule has 2 aromatic carbocycles. The van der Waals surface area contributed by atoms with Crippen molar-refractivity contribution in [1.82, 2.24) is 14.8 Å². The van der Waals surface area contributed by atoms with E-state index in [9.17, 15) is 18.8 Å². The molecule has 6 nitrogen and oxygen atoms in total. The van der Waals surface area contributed by atoms with Gasteiger partial charge in [0.25, 0.3) is 0 Å². The summed E-state index contributed by atoms with van der Waals surface area (Å²) in [6.45, 7) is 0.697. The Morgan fingerprint density at radius 3 is 2.66 bits per heavy atom. The highest BCUT2D eigenvalue weighted by Gasteiger charge is 2.72. The number of hydrazone groups is 1. The lowest BCUT2D eigenvalue weighted by molar-refractivity contribution is -0.223. The first-order chi connectivity index (χ1) is 15.4. The van der Waals surface area contributed by atoms with Crippen molar-refractivity contribution in [1.29, 1.82) is 5.26 Å². The van der Waals surface area contributed by atoms with Gasteiger partial charge in [-0.25, -0.2) is 13.8 Å². The van der Waals surface area contributed by atoms with Gasteiger partial charge >= 0.3 is 0 Å². The number of carbonyl (C=O) groups excluding carboxylic acids is 1. The highest BCUT2D eigenvalue weighted by atomic mass is 19.1. The van der Waals surface area contributed by atoms with Gasteiger partial charge in [-0.15, -0.1) is 0 Å². The Morgan fingerprint density at radius 1 is 1.19 bits per heavy atom. The molecule has 1 aromatic heterocycles. The predicted octanol–water partition coefficient (Wildman–Crippen LogP) is 4.32. The highest BCUT2D eigenvalue weighted by Crippen LogP contribution is 2.74. The van der Waals surface area contributed by atoms with Crippen molar-refractivity contribution in [3.8, 4) is 6.07 Å². The number of rotatable bonds is 4. The number of nitriles is 1. The maximum absolute atomic E-state index is 13.7. The molecule has 4 aliphatic rings. The second-order valence-electron chi connectivity index (χ2n) is 9.37. The summed E-state index contributed by atoms with van der Waals surface area (Å²) in [5, 5.41) is 20.3. The van der Waals surface area contributed by atoms with E-state index in [1.165, 1.54) is 17.1 Å². The SMILES string of the molecule is N#Cc1cccc2c1cnn2CC12CC(C(=O)N3N=CCC3c3cc(F)cc(F)c3)(C1)C2. The second-order valence-corrected chi connectivity index (χ2v) is 9.37. The summed E-state index contributed by atoms with van der Waals surface area (Å²) in [5.41, 5.74) is 1.51. The number of carbonyl (C=O) groups is 1. The van der Waals surface area contributed by atoms with E-state index in [0.717, 1.165) is 36.2 Å². The fourth-order valence-electron chi connectivity index (χ4n) is 5.93. The Labute approximate surface area is 182 Å². The zero-order valence-electron chi connectivity index (χ0n) is 17.1. The second kappa shape index (κ2) is 6.45. The van der Waals surface area contributed by atoms with Gasteiger partial charge in [-0.1, -0.05) is 6.07 Å². The third-order valence-corrected chi connectivity index (χ3v) is 7.19. The number of nitrogens with zero attached hydrogens (tertiary/aromatic N) is 5. The maximum atomic E-state index is 13.7. The van der Waals surface area contributed by atoms with E-state index in [-0.39, 0.29) is 11.3 Å². The van der Waals surface area contributed by atoms with E-state index in [1.807, 2.05) is 16.8 Å². The van der Waals surface area contributed by atoms with Crippen LogP contribution in [0.2, 0.25) is 0 Å². The van der Waals surface area contributed by atoms with Crippen LogP contribution in [0.4, 0.5) is 8.78 Å². The minimum Gasteiger partial charge on any atom is -0.272 e. The molecular weight excluding hydrogens is 412 g/mol. The van der Waals surface area contributed by atoms with Crippen LogP contribution in [0.3, 0.4) is 0 Å². The molecule has 1 aliphatic heterocycles. The Hall–Kier alpha value is -3.60. The van der Waals surface area contributed by atoms with Crippen LogP contribution in [0.1, 0.15) is 42.9 Å². The number of hydrogen-bond acceptors (Lipinski definition) is 4. The third kappa shape index (κ3) is 2.63. The first-order valence-corrected chi connectivity index (χ1v) is 10.6. The molecule has 160 valence electrons. The first kappa shape index (κ1) is 19.1. The molecule has 32 heavy (non-hydrogen) atoms. The summed E-state index contributed by atoms with van der Waals surface area (Å²) in [6, 6.07) is 10.7. The van der Waals surface area contributed by atoms with E-state index < -0.39 is 23.1 Å². The van der Waals surface area contributed by atoms with E-state index in [0.29, 0.717) is 24.1 Å². The number of hydrogen-bond donors (Lipinski definition) is 0. The molecule has 0 N–H and O–H groups in total. The number of fused-ring (bicyclic) bond motifs is 1. The number of aromatic nitrogens is 2. The number of halogens is 2. The Kier molecular flexibility index (Phi) is 3.85. The minimum absolute atomic E-state index is 0.0150. The van der Waals surface area contributed by atoms with Crippen molar-refractivity contribution < 1.29 is 13.6 Å². The van der Waals surface area contributed by atoms with Crippen LogP contribution in [-0.2, 0) is 11.3 Å². The molecule has 0 radical (unpaired) electrons. The van der Waals surface area contributed by atoms with E-state index in [1.54, 1.807) is 18.5 Å². The van der Waals surface area contributed by atoms with Crippen molar-refractivity contribution in [2.45, 2.75) is 38.3 Å². The van der Waals surface area contributed by atoms with Crippen LogP contribution >= 0.6 is 0 Å². The fraction of sp³-hybridized carbons (Fsp3) is 0.333. The van der Waals surface area contributed by atoms with Crippen LogP contribution in [0.15, 0.2) is 47.7 Å². The van der Waals surface area contributed by atoms with Gasteiger partial charge in [0.1, 0.15) is 11.6 Å². The van der Waals surface area contributed by atoms with E-state index in [2.05, 4.69) is 16.3 Å². The molecule has 0 saturated heterocycles. The maximum Gasteiger partial charge on any atom is 0.249 e. The zero-order chi connectivity index (χ0) is 22.1. The molecular formula is C24H19F2N5O. The smallest absolute Gasteiger partial charge is 0.249 e. The van der Waals surface area contributed by atoms with Gasteiger partial charge in [0.15, 0.2) is 0 Å².